The summed E-state index contributed by atoms with van der Waals surface area (Å²) >= 11 is 3.34. The molecule has 3 aromatic carbocycles. The number of hydrogen-bond acceptors (Lipinski definition) is 4. The number of amides is 1. The quantitative estimate of drug-likeness (QED) is 0.262. The predicted octanol–water partition coefficient (Wildman–Crippen LogP) is 5.98. The number of carbonyl (C=O) groups excluding carboxylic acids is 1. The van der Waals surface area contributed by atoms with Crippen molar-refractivity contribution < 1.29 is 27.6 Å². The predicted molar refractivity (Wildman–Crippen MR) is 124 cm³/mol. The molecule has 1 amide bonds. The molecular formula is C24H20BrF3N2O4. The van der Waals surface area contributed by atoms with Gasteiger partial charge < -0.3 is 4.74 Å². The van der Waals surface area contributed by atoms with E-state index in [0.29, 0.717) is 20.7 Å². The molecule has 0 bridgehead atoms. The Bertz CT molecular complexity index is 1140. The van der Waals surface area contributed by atoms with Crippen molar-refractivity contribution in [2.45, 2.75) is 24.7 Å². The number of benzene rings is 3. The lowest BCUT2D eigenvalue weighted by Gasteiger charge is -2.34. The zero-order chi connectivity index (χ0) is 24.9. The first kappa shape index (κ1) is 25.2. The number of hydrogen-bond donors (Lipinski definition) is 0. The first-order chi connectivity index (χ1) is 16.1. The second kappa shape index (κ2) is 10.7. The molecule has 3 aromatic rings. The van der Waals surface area contributed by atoms with Crippen LogP contribution in [0.3, 0.4) is 0 Å². The number of alkyl halides is 3. The number of methoxy groups -OCH3 is 1. The standard InChI is InChI=1S/C24H20BrF3N2O4/c1-34-19-13-11-18(12-14-19)29(23(31)24(26,27)28)22(16-7-3-2-4-8-16)21(30(32)33)15-17-9-5-6-10-20(17)25/h2-14,21-22H,15H2,1H3/t21-,22+/m0/s1. The molecule has 3 rings (SSSR count). The van der Waals surface area contributed by atoms with Gasteiger partial charge in [-0.2, -0.15) is 13.2 Å². The van der Waals surface area contributed by atoms with Crippen molar-refractivity contribution in [3.8, 4) is 5.75 Å². The van der Waals surface area contributed by atoms with Crippen LogP contribution < -0.4 is 9.64 Å². The van der Waals surface area contributed by atoms with Crippen LogP contribution in [0.4, 0.5) is 18.9 Å². The number of carbonyl (C=O) groups is 1. The van der Waals surface area contributed by atoms with Gasteiger partial charge in [-0.05, 0) is 41.5 Å². The van der Waals surface area contributed by atoms with Gasteiger partial charge in [0.25, 0.3) is 0 Å². The number of rotatable bonds is 8. The van der Waals surface area contributed by atoms with Crippen LogP contribution in [0.2, 0.25) is 0 Å². The number of halogens is 4. The summed E-state index contributed by atoms with van der Waals surface area (Å²) in [5.41, 5.74) is 0.583. The third kappa shape index (κ3) is 5.74. The third-order valence-corrected chi connectivity index (χ3v) is 6.03. The van der Waals surface area contributed by atoms with Crippen molar-refractivity contribution >= 4 is 27.5 Å². The van der Waals surface area contributed by atoms with Gasteiger partial charge in [0.2, 0.25) is 6.04 Å². The molecule has 0 fully saturated rings. The minimum atomic E-state index is -5.26. The Labute approximate surface area is 202 Å². The van der Waals surface area contributed by atoms with Gasteiger partial charge in [-0.15, -0.1) is 0 Å². The maximum atomic E-state index is 13.8. The molecule has 6 nitrogen and oxygen atoms in total. The van der Waals surface area contributed by atoms with E-state index in [2.05, 4.69) is 15.9 Å². The maximum absolute atomic E-state index is 13.8. The minimum Gasteiger partial charge on any atom is -0.497 e. The van der Waals surface area contributed by atoms with Gasteiger partial charge in [0.1, 0.15) is 11.8 Å². The molecule has 0 aliphatic heterocycles. The lowest BCUT2D eigenvalue weighted by atomic mass is 9.92. The van der Waals surface area contributed by atoms with E-state index in [1.807, 2.05) is 0 Å². The molecule has 0 aliphatic carbocycles. The summed E-state index contributed by atoms with van der Waals surface area (Å²) in [7, 11) is 1.39. The molecule has 178 valence electrons. The van der Waals surface area contributed by atoms with E-state index in [9.17, 15) is 28.1 Å². The van der Waals surface area contributed by atoms with E-state index >= 15 is 0 Å². The summed E-state index contributed by atoms with van der Waals surface area (Å²) < 4.78 is 46.9. The van der Waals surface area contributed by atoms with E-state index in [4.69, 9.17) is 4.74 Å². The molecule has 0 radical (unpaired) electrons. The largest absolute Gasteiger partial charge is 0.497 e. The van der Waals surface area contributed by atoms with E-state index < -0.39 is 29.1 Å². The molecule has 0 heterocycles. The zero-order valence-electron chi connectivity index (χ0n) is 17.9. The molecule has 0 N–H and O–H groups in total. The van der Waals surface area contributed by atoms with Crippen LogP contribution in [-0.2, 0) is 11.2 Å². The summed E-state index contributed by atoms with van der Waals surface area (Å²) in [6.07, 6.45) is -5.48. The highest BCUT2D eigenvalue weighted by Gasteiger charge is 2.50. The Morgan fingerprint density at radius 3 is 2.15 bits per heavy atom. The molecule has 34 heavy (non-hydrogen) atoms. The van der Waals surface area contributed by atoms with Crippen molar-refractivity contribution in [2.75, 3.05) is 12.0 Å². The Morgan fingerprint density at radius 2 is 1.62 bits per heavy atom. The Balaban J connectivity index is 2.22. The fourth-order valence-corrected chi connectivity index (χ4v) is 4.11. The van der Waals surface area contributed by atoms with Crippen molar-refractivity contribution in [1.29, 1.82) is 0 Å². The minimum absolute atomic E-state index is 0.143. The summed E-state index contributed by atoms with van der Waals surface area (Å²) in [5, 5.41) is 12.3. The first-order valence-electron chi connectivity index (χ1n) is 10.1. The zero-order valence-corrected chi connectivity index (χ0v) is 19.5. The number of anilines is 1. The van der Waals surface area contributed by atoms with Gasteiger partial charge in [-0.3, -0.25) is 19.8 Å². The third-order valence-electron chi connectivity index (χ3n) is 5.25. The SMILES string of the molecule is COc1ccc(N(C(=O)C(F)(F)F)[C@H](c2ccccc2)[C@H](Cc2ccccc2Br)[N+](=O)[O-])cc1. The van der Waals surface area contributed by atoms with Gasteiger partial charge in [0.05, 0.1) is 7.11 Å². The van der Waals surface area contributed by atoms with Gasteiger partial charge in [0.15, 0.2) is 0 Å². The maximum Gasteiger partial charge on any atom is 0.471 e. The van der Waals surface area contributed by atoms with Crippen molar-refractivity contribution in [3.63, 3.8) is 0 Å². The molecule has 0 saturated carbocycles. The lowest BCUT2D eigenvalue weighted by molar-refractivity contribution is -0.526. The lowest BCUT2D eigenvalue weighted by Crippen LogP contribution is -2.49. The van der Waals surface area contributed by atoms with Crippen LogP contribution in [0.25, 0.3) is 0 Å². The topological polar surface area (TPSA) is 72.7 Å². The second-order valence-electron chi connectivity index (χ2n) is 7.37. The van der Waals surface area contributed by atoms with E-state index in [1.165, 1.54) is 43.5 Å². The highest BCUT2D eigenvalue weighted by Crippen LogP contribution is 2.37. The fourth-order valence-electron chi connectivity index (χ4n) is 3.67. The van der Waals surface area contributed by atoms with E-state index in [1.54, 1.807) is 42.5 Å². The molecule has 0 aliphatic rings. The van der Waals surface area contributed by atoms with Crippen molar-refractivity contribution in [2.24, 2.45) is 0 Å². The Kier molecular flexibility index (Phi) is 7.93. The second-order valence-corrected chi connectivity index (χ2v) is 8.23. The first-order valence-corrected chi connectivity index (χ1v) is 10.9. The van der Waals surface area contributed by atoms with Crippen LogP contribution in [-0.4, -0.2) is 30.2 Å². The smallest absolute Gasteiger partial charge is 0.471 e. The van der Waals surface area contributed by atoms with Crippen LogP contribution in [0.15, 0.2) is 83.3 Å². The summed E-state index contributed by atoms with van der Waals surface area (Å²) in [6.45, 7) is 0. The molecule has 10 heteroatoms. The number of ether oxygens (including phenoxy) is 1. The molecule has 0 unspecified atom stereocenters. The average Bonchev–Trinajstić information content (AvgIpc) is 2.82. The highest BCUT2D eigenvalue weighted by atomic mass is 79.9. The monoisotopic (exact) mass is 536 g/mol. The summed E-state index contributed by atoms with van der Waals surface area (Å²) in [4.78, 5) is 24.8. The molecule has 0 saturated heterocycles. The normalized spacial score (nSPS) is 13.1. The van der Waals surface area contributed by atoms with E-state index in [0.717, 1.165) is 0 Å². The van der Waals surface area contributed by atoms with Gasteiger partial charge in [-0.25, -0.2) is 0 Å². The van der Waals surface area contributed by atoms with Crippen LogP contribution in [0.1, 0.15) is 17.2 Å². The van der Waals surface area contributed by atoms with Crippen LogP contribution in [0, 0.1) is 10.1 Å². The highest BCUT2D eigenvalue weighted by molar-refractivity contribution is 9.10. The fraction of sp³-hybridized carbons (Fsp3) is 0.208. The Morgan fingerprint density at radius 1 is 1.03 bits per heavy atom. The number of nitro groups is 1. The van der Waals surface area contributed by atoms with Gasteiger partial charge in [-0.1, -0.05) is 64.5 Å². The van der Waals surface area contributed by atoms with Crippen molar-refractivity contribution in [3.05, 3.63) is 105 Å². The van der Waals surface area contributed by atoms with Crippen molar-refractivity contribution in [1.82, 2.24) is 0 Å². The Hall–Kier alpha value is -3.40. The van der Waals surface area contributed by atoms with Gasteiger partial charge in [0, 0.05) is 21.5 Å². The molecule has 0 spiro atoms. The molecular weight excluding hydrogens is 517 g/mol. The average molecular weight is 537 g/mol. The van der Waals surface area contributed by atoms with Gasteiger partial charge >= 0.3 is 12.1 Å². The summed E-state index contributed by atoms with van der Waals surface area (Å²) in [6, 6.07) is 16.6. The number of nitrogens with zero attached hydrogens (tertiary/aromatic N) is 2. The van der Waals surface area contributed by atoms with Crippen LogP contribution in [0.5, 0.6) is 5.75 Å². The summed E-state index contributed by atoms with van der Waals surface area (Å²) in [5.74, 6) is -1.84. The van der Waals surface area contributed by atoms with E-state index in [-0.39, 0.29) is 17.7 Å². The molecule has 0 aromatic heterocycles. The molecule has 2 atom stereocenters. The van der Waals surface area contributed by atoms with Crippen LogP contribution >= 0.6 is 15.9 Å².